The van der Waals surface area contributed by atoms with E-state index >= 15 is 0 Å². The molecular formula is C21H30ClN3O4S2. The van der Waals surface area contributed by atoms with Crippen molar-refractivity contribution in [2.24, 2.45) is 0 Å². The van der Waals surface area contributed by atoms with Crippen LogP contribution in [0.1, 0.15) is 65.0 Å². The van der Waals surface area contributed by atoms with E-state index in [1.807, 2.05) is 20.8 Å². The van der Waals surface area contributed by atoms with Crippen molar-refractivity contribution in [3.63, 3.8) is 0 Å². The van der Waals surface area contributed by atoms with Crippen LogP contribution in [-0.2, 0) is 21.2 Å². The quantitative estimate of drug-likeness (QED) is 0.440. The molecule has 0 bridgehead atoms. The van der Waals surface area contributed by atoms with E-state index in [1.54, 1.807) is 18.5 Å². The molecule has 7 nitrogen and oxygen atoms in total. The number of fused-ring (bicyclic) bond motifs is 1. The molecule has 0 saturated heterocycles. The van der Waals surface area contributed by atoms with Crippen molar-refractivity contribution in [1.29, 1.82) is 0 Å². The highest BCUT2D eigenvalue weighted by Crippen LogP contribution is 2.36. The number of pyridine rings is 2. The number of ether oxygens (including phenoxy) is 1. The fourth-order valence-corrected chi connectivity index (χ4v) is 5.61. The molecule has 2 aromatic rings. The summed E-state index contributed by atoms with van der Waals surface area (Å²) in [4.78, 5) is 8.71. The van der Waals surface area contributed by atoms with Gasteiger partial charge in [0.15, 0.2) is 9.84 Å². The molecule has 2 atom stereocenters. The molecule has 3 rings (SSSR count). The molecule has 31 heavy (non-hydrogen) atoms. The lowest BCUT2D eigenvalue weighted by Crippen LogP contribution is -2.42. The van der Waals surface area contributed by atoms with E-state index in [2.05, 4.69) is 21.6 Å². The minimum absolute atomic E-state index is 0.175. The molecule has 0 aromatic carbocycles. The first-order chi connectivity index (χ1) is 14.4. The van der Waals surface area contributed by atoms with Crippen LogP contribution in [0, 0.1) is 0 Å². The first kappa shape index (κ1) is 24.5. The molecule has 1 N–H and O–H groups in total. The lowest BCUT2D eigenvalue weighted by atomic mass is 9.95. The topological polar surface area (TPSA) is 104 Å². The minimum Gasteiger partial charge on any atom is -0.598 e. The highest BCUT2D eigenvalue weighted by Gasteiger charge is 2.38. The van der Waals surface area contributed by atoms with Crippen LogP contribution in [0.4, 0.5) is 0 Å². The first-order valence-electron chi connectivity index (χ1n) is 10.4. The Morgan fingerprint density at radius 2 is 1.97 bits per heavy atom. The third kappa shape index (κ3) is 5.82. The van der Waals surface area contributed by atoms with Gasteiger partial charge in [-0.2, -0.15) is 0 Å². The number of rotatable bonds is 8. The van der Waals surface area contributed by atoms with Gasteiger partial charge in [0.25, 0.3) is 0 Å². The maximum atomic E-state index is 12.8. The van der Waals surface area contributed by atoms with Gasteiger partial charge < -0.3 is 9.29 Å². The molecule has 1 fully saturated rings. The number of sulfone groups is 1. The Bertz CT molecular complexity index is 1040. The Labute approximate surface area is 192 Å². The molecule has 0 radical (unpaired) electrons. The van der Waals surface area contributed by atoms with Crippen LogP contribution in [0.15, 0.2) is 18.5 Å². The number of nitrogens with zero attached hydrogens (tertiary/aromatic N) is 2. The summed E-state index contributed by atoms with van der Waals surface area (Å²) in [6.07, 6.45) is 6.99. The van der Waals surface area contributed by atoms with Crippen LogP contribution in [0.2, 0.25) is 5.15 Å². The van der Waals surface area contributed by atoms with Gasteiger partial charge in [-0.15, -0.1) is 4.72 Å². The Kier molecular flexibility index (Phi) is 7.42. The summed E-state index contributed by atoms with van der Waals surface area (Å²) >= 11 is 4.95. The fourth-order valence-electron chi connectivity index (χ4n) is 3.47. The normalized spacial score (nSPS) is 21.5. The summed E-state index contributed by atoms with van der Waals surface area (Å²) in [5, 5.41) is 1.52. The van der Waals surface area contributed by atoms with Gasteiger partial charge in [0, 0.05) is 48.4 Å². The number of hydrogen-bond donors (Lipinski definition) is 1. The van der Waals surface area contributed by atoms with E-state index in [9.17, 15) is 13.0 Å². The van der Waals surface area contributed by atoms with E-state index in [1.165, 1.54) is 6.26 Å². The number of nitrogens with one attached hydrogen (secondary N) is 1. The van der Waals surface area contributed by atoms with E-state index in [-0.39, 0.29) is 17.4 Å². The average Bonchev–Trinajstić information content (AvgIpc) is 2.61. The maximum Gasteiger partial charge on any atom is 0.223 e. The van der Waals surface area contributed by atoms with E-state index in [0.717, 1.165) is 23.8 Å². The Balaban J connectivity index is 1.92. The minimum atomic E-state index is -3.05. The highest BCUT2D eigenvalue weighted by molar-refractivity contribution is 7.91. The summed E-state index contributed by atoms with van der Waals surface area (Å²) in [7, 11) is -3.05. The molecule has 1 aliphatic rings. The largest absolute Gasteiger partial charge is 0.598 e. The predicted molar refractivity (Wildman–Crippen MR) is 126 cm³/mol. The van der Waals surface area contributed by atoms with Crippen molar-refractivity contribution in [3.8, 4) is 5.88 Å². The third-order valence-corrected chi connectivity index (χ3v) is 8.84. The van der Waals surface area contributed by atoms with Crippen molar-refractivity contribution >= 4 is 43.6 Å². The molecule has 0 amide bonds. The van der Waals surface area contributed by atoms with E-state index < -0.39 is 25.9 Å². The van der Waals surface area contributed by atoms with Crippen molar-refractivity contribution in [3.05, 3.63) is 29.2 Å². The summed E-state index contributed by atoms with van der Waals surface area (Å²) < 4.78 is 45.0. The van der Waals surface area contributed by atoms with Gasteiger partial charge in [-0.25, -0.2) is 18.4 Å². The third-order valence-electron chi connectivity index (χ3n) is 5.43. The van der Waals surface area contributed by atoms with Gasteiger partial charge >= 0.3 is 0 Å². The molecule has 2 heterocycles. The Hall–Kier alpha value is -1.13. The SMILES string of the molecule is CCC[C@@H](N[S@@+]([O-])C(C)(C)C)c1cnc(O[C@H]2C[C@@H](S(C)(=O)=O)C2)c2cnc(Cl)cc12. The molecule has 172 valence electrons. The van der Waals surface area contributed by atoms with Gasteiger partial charge in [-0.3, -0.25) is 0 Å². The smallest absolute Gasteiger partial charge is 0.223 e. The van der Waals surface area contributed by atoms with Crippen LogP contribution >= 0.6 is 11.6 Å². The number of hydrogen-bond acceptors (Lipinski definition) is 7. The van der Waals surface area contributed by atoms with Crippen LogP contribution < -0.4 is 9.46 Å². The lowest BCUT2D eigenvalue weighted by Gasteiger charge is -2.34. The van der Waals surface area contributed by atoms with Gasteiger partial charge in [0.1, 0.15) is 16.0 Å². The van der Waals surface area contributed by atoms with E-state index in [4.69, 9.17) is 16.3 Å². The number of halogens is 1. The van der Waals surface area contributed by atoms with Crippen LogP contribution in [0.3, 0.4) is 0 Å². The zero-order valence-corrected chi connectivity index (χ0v) is 20.9. The molecular weight excluding hydrogens is 458 g/mol. The molecule has 1 saturated carbocycles. The van der Waals surface area contributed by atoms with Crippen LogP contribution in [0.25, 0.3) is 10.8 Å². The maximum absolute atomic E-state index is 12.8. The molecule has 2 aromatic heterocycles. The van der Waals surface area contributed by atoms with Crippen LogP contribution in [0.5, 0.6) is 5.88 Å². The second kappa shape index (κ2) is 9.39. The van der Waals surface area contributed by atoms with Crippen LogP contribution in [-0.4, -0.2) is 45.3 Å². The summed E-state index contributed by atoms with van der Waals surface area (Å²) in [6, 6.07) is 1.59. The second-order valence-electron chi connectivity index (χ2n) is 9.07. The molecule has 1 aliphatic carbocycles. The number of aromatic nitrogens is 2. The standard InChI is InChI=1S/C21H30ClN3O4S2/c1-6-7-18(25-30(26)21(2,3)4)16-11-24-20(17-12-23-19(22)10-15(16)17)29-13-8-14(9-13)31(5,27)28/h10-14,18,25H,6-9H2,1-5H3/t13-,14+,18-,30+/m1/s1. The van der Waals surface area contributed by atoms with Crippen molar-refractivity contribution < 1.29 is 17.7 Å². The van der Waals surface area contributed by atoms with E-state index in [0.29, 0.717) is 29.3 Å². The zero-order chi connectivity index (χ0) is 23.0. The summed E-state index contributed by atoms with van der Waals surface area (Å²) in [6.45, 7) is 7.85. The average molecular weight is 488 g/mol. The first-order valence-corrected chi connectivity index (χ1v) is 13.9. The zero-order valence-electron chi connectivity index (χ0n) is 18.5. The Morgan fingerprint density at radius 3 is 2.55 bits per heavy atom. The summed E-state index contributed by atoms with van der Waals surface area (Å²) in [5.74, 6) is 0.409. The summed E-state index contributed by atoms with van der Waals surface area (Å²) in [5.41, 5.74) is 0.883. The van der Waals surface area contributed by atoms with Crippen molar-refractivity contribution in [2.75, 3.05) is 6.26 Å². The monoisotopic (exact) mass is 487 g/mol. The van der Waals surface area contributed by atoms with Crippen molar-refractivity contribution in [1.82, 2.24) is 14.7 Å². The molecule has 0 unspecified atom stereocenters. The van der Waals surface area contributed by atoms with Crippen molar-refractivity contribution in [2.45, 2.75) is 75.5 Å². The fraction of sp³-hybridized carbons (Fsp3) is 0.619. The van der Waals surface area contributed by atoms with Gasteiger partial charge in [-0.05, 0) is 38.6 Å². The lowest BCUT2D eigenvalue weighted by molar-refractivity contribution is 0.119. The van der Waals surface area contributed by atoms with Gasteiger partial charge in [-0.1, -0.05) is 24.9 Å². The Morgan fingerprint density at radius 1 is 1.29 bits per heavy atom. The highest BCUT2D eigenvalue weighted by atomic mass is 35.5. The molecule has 10 heteroatoms. The second-order valence-corrected chi connectivity index (χ2v) is 13.8. The van der Waals surface area contributed by atoms with Gasteiger partial charge in [0.05, 0.1) is 16.7 Å². The van der Waals surface area contributed by atoms with Gasteiger partial charge in [0.2, 0.25) is 5.88 Å². The predicted octanol–water partition coefficient (Wildman–Crippen LogP) is 4.13. The molecule has 0 spiro atoms. The molecule has 0 aliphatic heterocycles.